The number of carbonyl (C=O) groups is 1. The Morgan fingerprint density at radius 3 is 2.83 bits per heavy atom. The minimum absolute atomic E-state index is 0.278. The first-order valence-electron chi connectivity index (χ1n) is 12.0. The van der Waals surface area contributed by atoms with E-state index in [-0.39, 0.29) is 6.04 Å². The smallest absolute Gasteiger partial charge is 0.267 e. The van der Waals surface area contributed by atoms with E-state index in [1.807, 2.05) is 24.4 Å². The zero-order valence-electron chi connectivity index (χ0n) is 19.9. The van der Waals surface area contributed by atoms with Crippen LogP contribution in [0.2, 0.25) is 10.0 Å². The molecule has 0 fully saturated rings. The minimum Gasteiger partial charge on any atom is -0.362 e. The van der Waals surface area contributed by atoms with Gasteiger partial charge in [0.2, 0.25) is 0 Å². The van der Waals surface area contributed by atoms with Crippen LogP contribution in [-0.4, -0.2) is 32.5 Å². The first-order chi connectivity index (χ1) is 17.4. The second-order valence-electron chi connectivity index (χ2n) is 9.29. The summed E-state index contributed by atoms with van der Waals surface area (Å²) in [6.45, 7) is 3.71. The normalized spacial score (nSPS) is 15.3. The number of aryl methyl sites for hydroxylation is 1. The maximum Gasteiger partial charge on any atom is 0.267 e. The van der Waals surface area contributed by atoms with Crippen LogP contribution >= 0.6 is 23.2 Å². The molecule has 1 unspecified atom stereocenters. The number of benzene rings is 2. The molecule has 4 aromatic rings. The molecule has 36 heavy (non-hydrogen) atoms. The molecule has 5 rings (SSSR count). The Morgan fingerprint density at radius 2 is 2.06 bits per heavy atom. The Balaban J connectivity index is 1.41. The number of H-pyrrole nitrogens is 2. The molecular formula is C28H28Cl2N4O2. The van der Waals surface area contributed by atoms with Gasteiger partial charge in [0, 0.05) is 59.2 Å². The Kier molecular flexibility index (Phi) is 7.21. The summed E-state index contributed by atoms with van der Waals surface area (Å²) in [5.41, 5.74) is 9.72. The van der Waals surface area contributed by atoms with Crippen molar-refractivity contribution < 1.29 is 10.0 Å². The molecule has 4 N–H and O–H groups in total. The molecule has 8 heteroatoms. The number of carbonyl (C=O) groups excluding carboxylic acids is 1. The van der Waals surface area contributed by atoms with E-state index in [1.165, 1.54) is 28.2 Å². The summed E-state index contributed by atoms with van der Waals surface area (Å²) < 4.78 is 0. The highest BCUT2D eigenvalue weighted by molar-refractivity contribution is 6.31. The first kappa shape index (κ1) is 24.7. The van der Waals surface area contributed by atoms with E-state index in [4.69, 9.17) is 28.4 Å². The molecule has 0 radical (unpaired) electrons. The maximum absolute atomic E-state index is 11.4. The molecule has 0 bridgehead atoms. The number of amides is 1. The fourth-order valence-corrected chi connectivity index (χ4v) is 5.50. The summed E-state index contributed by atoms with van der Waals surface area (Å²) >= 11 is 12.5. The van der Waals surface area contributed by atoms with E-state index >= 15 is 0 Å². The summed E-state index contributed by atoms with van der Waals surface area (Å²) in [6, 6.07) is 12.6. The van der Waals surface area contributed by atoms with Crippen molar-refractivity contribution in [1.29, 1.82) is 0 Å². The van der Waals surface area contributed by atoms with Gasteiger partial charge in [0.05, 0.1) is 5.02 Å². The van der Waals surface area contributed by atoms with E-state index < -0.39 is 5.91 Å². The Labute approximate surface area is 219 Å². The molecule has 1 amide bonds. The van der Waals surface area contributed by atoms with Crippen molar-refractivity contribution in [3.8, 4) is 0 Å². The number of nitrogens with zero attached hydrogens (tertiary/aromatic N) is 1. The van der Waals surface area contributed by atoms with E-state index in [9.17, 15) is 4.79 Å². The second-order valence-corrected chi connectivity index (χ2v) is 10.1. The van der Waals surface area contributed by atoms with Gasteiger partial charge < -0.3 is 9.97 Å². The summed E-state index contributed by atoms with van der Waals surface area (Å²) in [4.78, 5) is 20.6. The fourth-order valence-electron chi connectivity index (χ4n) is 5.16. The van der Waals surface area contributed by atoms with E-state index in [0.29, 0.717) is 0 Å². The third-order valence-electron chi connectivity index (χ3n) is 7.13. The Hall–Kier alpha value is -3.03. The molecule has 6 nitrogen and oxygen atoms in total. The average Bonchev–Trinajstić information content (AvgIpc) is 3.57. The lowest BCUT2D eigenvalue weighted by Crippen LogP contribution is -2.29. The van der Waals surface area contributed by atoms with E-state index in [0.717, 1.165) is 64.7 Å². The SMILES string of the molecule is Cc1c(Cl)c[nH]c1CN(CCc1c[nH]c2cc(Cl)ccc12)C1CCc2cc(/C=C/C(=O)NO)ccc21. The van der Waals surface area contributed by atoms with Gasteiger partial charge in [-0.25, -0.2) is 5.48 Å². The van der Waals surface area contributed by atoms with Crippen molar-refractivity contribution in [2.24, 2.45) is 0 Å². The van der Waals surface area contributed by atoms with Crippen molar-refractivity contribution in [1.82, 2.24) is 20.3 Å². The van der Waals surface area contributed by atoms with Gasteiger partial charge in [-0.05, 0) is 72.2 Å². The Morgan fingerprint density at radius 1 is 1.19 bits per heavy atom. The Bertz CT molecular complexity index is 1440. The van der Waals surface area contributed by atoms with Crippen LogP contribution in [0.3, 0.4) is 0 Å². The van der Waals surface area contributed by atoms with Crippen LogP contribution in [0.25, 0.3) is 17.0 Å². The van der Waals surface area contributed by atoms with Crippen LogP contribution in [0.1, 0.15) is 46.0 Å². The molecule has 0 saturated heterocycles. The zero-order chi connectivity index (χ0) is 25.2. The molecule has 2 heterocycles. The average molecular weight is 523 g/mol. The highest BCUT2D eigenvalue weighted by atomic mass is 35.5. The van der Waals surface area contributed by atoms with Gasteiger partial charge >= 0.3 is 0 Å². The predicted molar refractivity (Wildman–Crippen MR) is 144 cm³/mol. The summed E-state index contributed by atoms with van der Waals surface area (Å²) in [5, 5.41) is 11.4. The number of aromatic amines is 2. The van der Waals surface area contributed by atoms with Gasteiger partial charge in [0.25, 0.3) is 5.91 Å². The van der Waals surface area contributed by atoms with Gasteiger partial charge in [-0.3, -0.25) is 14.9 Å². The molecule has 1 aliphatic rings. The topological polar surface area (TPSA) is 84.2 Å². The van der Waals surface area contributed by atoms with Crippen LogP contribution in [0.15, 0.2) is 54.9 Å². The molecule has 0 spiro atoms. The molecule has 0 saturated carbocycles. The number of hydrogen-bond acceptors (Lipinski definition) is 3. The lowest BCUT2D eigenvalue weighted by Gasteiger charge is -2.30. The van der Waals surface area contributed by atoms with Crippen molar-refractivity contribution >= 4 is 46.1 Å². The lowest BCUT2D eigenvalue weighted by molar-refractivity contribution is -0.124. The van der Waals surface area contributed by atoms with Crippen molar-refractivity contribution in [3.63, 3.8) is 0 Å². The van der Waals surface area contributed by atoms with Gasteiger partial charge in [-0.1, -0.05) is 47.5 Å². The monoisotopic (exact) mass is 522 g/mol. The van der Waals surface area contributed by atoms with Gasteiger partial charge in [0.1, 0.15) is 0 Å². The number of rotatable bonds is 8. The van der Waals surface area contributed by atoms with Crippen molar-refractivity contribution in [2.45, 2.75) is 38.8 Å². The number of hydroxylamine groups is 1. The molecule has 1 atom stereocenters. The van der Waals surface area contributed by atoms with E-state index in [2.05, 4.69) is 46.2 Å². The van der Waals surface area contributed by atoms with Crippen LogP contribution in [0, 0.1) is 6.92 Å². The van der Waals surface area contributed by atoms with Crippen LogP contribution in [0.5, 0.6) is 0 Å². The molecule has 1 aliphatic carbocycles. The molecule has 0 aliphatic heterocycles. The van der Waals surface area contributed by atoms with Crippen LogP contribution in [0.4, 0.5) is 0 Å². The summed E-state index contributed by atoms with van der Waals surface area (Å²) in [6.07, 6.45) is 9.88. The minimum atomic E-state index is -0.543. The van der Waals surface area contributed by atoms with Crippen molar-refractivity contribution in [2.75, 3.05) is 6.54 Å². The molecule has 186 valence electrons. The van der Waals surface area contributed by atoms with Gasteiger partial charge in [-0.2, -0.15) is 0 Å². The molecule has 2 aromatic heterocycles. The number of halogens is 2. The number of aromatic nitrogens is 2. The summed E-state index contributed by atoms with van der Waals surface area (Å²) in [5.74, 6) is -0.543. The summed E-state index contributed by atoms with van der Waals surface area (Å²) in [7, 11) is 0. The van der Waals surface area contributed by atoms with Crippen molar-refractivity contribution in [3.05, 3.63) is 98.4 Å². The van der Waals surface area contributed by atoms with Crippen LogP contribution in [-0.2, 0) is 24.2 Å². The van der Waals surface area contributed by atoms with E-state index in [1.54, 1.807) is 11.6 Å². The van der Waals surface area contributed by atoms with Gasteiger partial charge in [-0.15, -0.1) is 0 Å². The lowest BCUT2D eigenvalue weighted by atomic mass is 10.0. The third kappa shape index (κ3) is 5.08. The number of hydrogen-bond donors (Lipinski definition) is 4. The molecule has 2 aromatic carbocycles. The number of fused-ring (bicyclic) bond motifs is 2. The largest absolute Gasteiger partial charge is 0.362 e. The quantitative estimate of drug-likeness (QED) is 0.123. The standard InChI is InChI=1S/C28H28Cl2N4O2/c1-17-24(30)15-32-26(17)16-34(11-10-20-14-31-25-13-21(29)5-7-22(20)25)27-8-4-19-12-18(2-6-23(19)27)3-9-28(35)33-36/h2-3,5-7,9,12-15,27,31-32,36H,4,8,10-11,16H2,1H3,(H,33,35)/b9-3+. The van der Waals surface area contributed by atoms with Crippen LogP contribution < -0.4 is 5.48 Å². The second kappa shape index (κ2) is 10.5. The van der Waals surface area contributed by atoms with Gasteiger partial charge in [0.15, 0.2) is 0 Å². The zero-order valence-corrected chi connectivity index (χ0v) is 21.5. The highest BCUT2D eigenvalue weighted by Crippen LogP contribution is 2.38. The predicted octanol–water partition coefficient (Wildman–Crippen LogP) is 6.36. The highest BCUT2D eigenvalue weighted by Gasteiger charge is 2.29. The fraction of sp³-hybridized carbons (Fsp3) is 0.250. The first-order valence-corrected chi connectivity index (χ1v) is 12.8. The maximum atomic E-state index is 11.4. The number of nitrogens with one attached hydrogen (secondary N) is 3. The molecular weight excluding hydrogens is 495 g/mol. The third-order valence-corrected chi connectivity index (χ3v) is 7.76.